The van der Waals surface area contributed by atoms with Gasteiger partial charge in [0.15, 0.2) is 0 Å². The molecule has 0 spiro atoms. The van der Waals surface area contributed by atoms with E-state index in [2.05, 4.69) is 26.7 Å². The fourth-order valence-electron chi connectivity index (χ4n) is 2.15. The molecule has 0 saturated heterocycles. The molecule has 0 N–H and O–H groups in total. The normalized spacial score (nSPS) is 16.6. The summed E-state index contributed by atoms with van der Waals surface area (Å²) < 4.78 is 33.2. The molecule has 26 heavy (non-hydrogen) atoms. The molecule has 0 bridgehead atoms. The van der Waals surface area contributed by atoms with E-state index in [-0.39, 0.29) is 23.7 Å². The zero-order valence-electron chi connectivity index (χ0n) is 16.8. The van der Waals surface area contributed by atoms with E-state index in [1.165, 1.54) is 18.8 Å². The summed E-state index contributed by atoms with van der Waals surface area (Å²) >= 11 is 0. The van der Waals surface area contributed by atoms with Crippen molar-refractivity contribution < 1.29 is 28.4 Å². The highest BCUT2D eigenvalue weighted by Crippen LogP contribution is 2.19. The molecule has 0 saturated carbocycles. The Morgan fingerprint density at radius 2 is 0.923 bits per heavy atom. The van der Waals surface area contributed by atoms with Gasteiger partial charge in [-0.3, -0.25) is 0 Å². The number of hydrogen-bond donors (Lipinski definition) is 0. The second kappa shape index (κ2) is 14.6. The van der Waals surface area contributed by atoms with Gasteiger partial charge < -0.3 is 28.4 Å². The van der Waals surface area contributed by atoms with Crippen LogP contribution in [0.4, 0.5) is 0 Å². The lowest BCUT2D eigenvalue weighted by molar-refractivity contribution is -0.0894. The van der Waals surface area contributed by atoms with Crippen molar-refractivity contribution in [2.24, 2.45) is 5.41 Å². The molecule has 6 nitrogen and oxygen atoms in total. The van der Waals surface area contributed by atoms with Crippen LogP contribution < -0.4 is 0 Å². The van der Waals surface area contributed by atoms with Gasteiger partial charge in [-0.25, -0.2) is 0 Å². The maximum absolute atomic E-state index is 5.80. The molecule has 0 amide bonds. The largest absolute Gasteiger partial charge is 0.497 e. The van der Waals surface area contributed by atoms with Gasteiger partial charge in [-0.15, -0.1) is 0 Å². The topological polar surface area (TPSA) is 55.4 Å². The van der Waals surface area contributed by atoms with Crippen LogP contribution in [0.1, 0.15) is 27.7 Å². The molecule has 0 aliphatic rings. The van der Waals surface area contributed by atoms with Gasteiger partial charge >= 0.3 is 0 Å². The fourth-order valence-corrected chi connectivity index (χ4v) is 2.15. The summed E-state index contributed by atoms with van der Waals surface area (Å²) in [7, 11) is 0. The molecule has 6 heteroatoms. The average molecular weight is 373 g/mol. The van der Waals surface area contributed by atoms with Crippen molar-refractivity contribution in [1.82, 2.24) is 0 Å². The number of rotatable bonds is 18. The van der Waals surface area contributed by atoms with E-state index in [0.29, 0.717) is 39.6 Å². The first-order chi connectivity index (χ1) is 12.4. The predicted octanol–water partition coefficient (Wildman–Crippen LogP) is 3.69. The highest BCUT2D eigenvalue weighted by Gasteiger charge is 2.27. The number of ether oxygens (including phenoxy) is 6. The van der Waals surface area contributed by atoms with Crippen molar-refractivity contribution >= 4 is 0 Å². The van der Waals surface area contributed by atoms with E-state index in [4.69, 9.17) is 28.4 Å². The Bertz CT molecular complexity index is 329. The first-order valence-electron chi connectivity index (χ1n) is 8.89. The summed E-state index contributed by atoms with van der Waals surface area (Å²) in [6.07, 6.45) is 4.09. The van der Waals surface area contributed by atoms with Gasteiger partial charge in [0, 0.05) is 5.41 Å². The Balaban J connectivity index is 4.45. The molecule has 0 aromatic heterocycles. The molecule has 0 fully saturated rings. The molecule has 0 aliphatic heterocycles. The predicted molar refractivity (Wildman–Crippen MR) is 103 cm³/mol. The minimum Gasteiger partial charge on any atom is -0.497 e. The lowest BCUT2D eigenvalue weighted by Crippen LogP contribution is -2.37. The highest BCUT2D eigenvalue weighted by atomic mass is 16.5. The summed E-state index contributed by atoms with van der Waals surface area (Å²) in [5, 5.41) is 0. The van der Waals surface area contributed by atoms with Crippen molar-refractivity contribution in [2.75, 3.05) is 39.6 Å². The van der Waals surface area contributed by atoms with Gasteiger partial charge in [0.1, 0.15) is 18.3 Å². The number of hydrogen-bond acceptors (Lipinski definition) is 6. The maximum atomic E-state index is 5.80. The van der Waals surface area contributed by atoms with Crippen molar-refractivity contribution in [2.45, 2.75) is 46.0 Å². The van der Waals surface area contributed by atoms with Crippen molar-refractivity contribution in [3.05, 3.63) is 38.5 Å². The van der Waals surface area contributed by atoms with Gasteiger partial charge in [0.05, 0.1) is 58.4 Å². The zero-order valence-corrected chi connectivity index (χ0v) is 16.8. The second-order valence-electron chi connectivity index (χ2n) is 6.70. The van der Waals surface area contributed by atoms with E-state index < -0.39 is 0 Å². The molecule has 0 aromatic carbocycles. The van der Waals surface area contributed by atoms with Crippen LogP contribution >= 0.6 is 0 Å². The Labute approximate surface area is 158 Å². The highest BCUT2D eigenvalue weighted by molar-refractivity contribution is 4.75. The molecule has 0 radical (unpaired) electrons. The average Bonchev–Trinajstić information content (AvgIpc) is 2.55. The standard InChI is InChI=1S/C20H36O6/c1-8-24-17(4)11-21-14-20(7,15-22-12-18(5)25-9-2)16-23-13-19(6)26-10-3/h8-10,17-19H,1-3,11-16H2,4-7H3. The third-order valence-electron chi connectivity index (χ3n) is 3.39. The van der Waals surface area contributed by atoms with Crippen LogP contribution in [0, 0.1) is 5.41 Å². The molecular formula is C20H36O6. The van der Waals surface area contributed by atoms with Gasteiger partial charge in [0.2, 0.25) is 0 Å². The lowest BCUT2D eigenvalue weighted by atomic mass is 9.94. The Hall–Kier alpha value is -1.50. The Morgan fingerprint density at radius 3 is 1.15 bits per heavy atom. The van der Waals surface area contributed by atoms with Crippen LogP contribution in [0.5, 0.6) is 0 Å². The fraction of sp³-hybridized carbons (Fsp3) is 0.700. The van der Waals surface area contributed by atoms with Crippen LogP contribution in [0.25, 0.3) is 0 Å². The van der Waals surface area contributed by atoms with Crippen LogP contribution in [0.2, 0.25) is 0 Å². The third-order valence-corrected chi connectivity index (χ3v) is 3.39. The summed E-state index contributed by atoms with van der Waals surface area (Å²) in [6, 6.07) is 0. The molecule has 0 rings (SSSR count). The summed E-state index contributed by atoms with van der Waals surface area (Å²) in [4.78, 5) is 0. The van der Waals surface area contributed by atoms with Gasteiger partial charge in [0.25, 0.3) is 0 Å². The van der Waals surface area contributed by atoms with Crippen molar-refractivity contribution in [3.63, 3.8) is 0 Å². The van der Waals surface area contributed by atoms with E-state index >= 15 is 0 Å². The molecule has 152 valence electrons. The monoisotopic (exact) mass is 372 g/mol. The Morgan fingerprint density at radius 1 is 0.654 bits per heavy atom. The zero-order chi connectivity index (χ0) is 19.8. The maximum Gasteiger partial charge on any atom is 0.118 e. The quantitative estimate of drug-likeness (QED) is 0.342. The lowest BCUT2D eigenvalue weighted by Gasteiger charge is -2.30. The minimum atomic E-state index is -0.310. The summed E-state index contributed by atoms with van der Waals surface area (Å²) in [5.41, 5.74) is -0.310. The summed E-state index contributed by atoms with van der Waals surface area (Å²) in [6.45, 7) is 21.3. The molecule has 3 unspecified atom stereocenters. The van der Waals surface area contributed by atoms with E-state index in [1.54, 1.807) is 0 Å². The molecule has 0 aliphatic carbocycles. The third kappa shape index (κ3) is 12.8. The van der Waals surface area contributed by atoms with E-state index in [9.17, 15) is 0 Å². The molecule has 3 atom stereocenters. The van der Waals surface area contributed by atoms with Crippen molar-refractivity contribution in [3.8, 4) is 0 Å². The summed E-state index contributed by atoms with van der Waals surface area (Å²) in [5.74, 6) is 0. The van der Waals surface area contributed by atoms with E-state index in [0.717, 1.165) is 0 Å². The SMILES string of the molecule is C=COC(C)COCC(C)(COCC(C)OC=C)COCC(C)OC=C. The van der Waals surface area contributed by atoms with Crippen molar-refractivity contribution in [1.29, 1.82) is 0 Å². The minimum absolute atomic E-state index is 0.0550. The van der Waals surface area contributed by atoms with Gasteiger partial charge in [-0.1, -0.05) is 26.7 Å². The first kappa shape index (κ1) is 24.5. The Kier molecular flexibility index (Phi) is 13.8. The van der Waals surface area contributed by atoms with E-state index in [1.807, 2.05) is 20.8 Å². The molecule has 0 aromatic rings. The van der Waals surface area contributed by atoms with Crippen LogP contribution in [-0.4, -0.2) is 58.0 Å². The first-order valence-corrected chi connectivity index (χ1v) is 8.89. The van der Waals surface area contributed by atoms with Crippen LogP contribution in [0.15, 0.2) is 38.5 Å². The second-order valence-corrected chi connectivity index (χ2v) is 6.70. The molecular weight excluding hydrogens is 336 g/mol. The molecule has 0 heterocycles. The smallest absolute Gasteiger partial charge is 0.118 e. The van der Waals surface area contributed by atoms with Crippen LogP contribution in [0.3, 0.4) is 0 Å². The van der Waals surface area contributed by atoms with Gasteiger partial charge in [-0.2, -0.15) is 0 Å². The van der Waals surface area contributed by atoms with Crippen LogP contribution in [-0.2, 0) is 28.4 Å². The van der Waals surface area contributed by atoms with Gasteiger partial charge in [-0.05, 0) is 20.8 Å².